The molecule has 0 atom stereocenters. The molecule has 0 heterocycles. The summed E-state index contributed by atoms with van der Waals surface area (Å²) in [5.41, 5.74) is 0.465. The van der Waals surface area contributed by atoms with Crippen LogP contribution < -0.4 is 5.32 Å². The van der Waals surface area contributed by atoms with Crippen LogP contribution >= 0.6 is 0 Å². The van der Waals surface area contributed by atoms with Crippen molar-refractivity contribution in [3.8, 4) is 6.07 Å². The molecule has 3 nitrogen and oxygen atoms in total. The molecule has 0 aliphatic rings. The van der Waals surface area contributed by atoms with Crippen LogP contribution in [0.1, 0.15) is 15.9 Å². The van der Waals surface area contributed by atoms with Gasteiger partial charge in [-0.15, -0.1) is 0 Å². The van der Waals surface area contributed by atoms with E-state index in [0.29, 0.717) is 11.3 Å². The summed E-state index contributed by atoms with van der Waals surface area (Å²) in [6.07, 6.45) is 0. The minimum atomic E-state index is -1.19. The van der Waals surface area contributed by atoms with Gasteiger partial charge in [-0.25, -0.2) is 8.78 Å². The highest BCUT2D eigenvalue weighted by molar-refractivity contribution is 6.04. The van der Waals surface area contributed by atoms with Gasteiger partial charge in [-0.05, 0) is 36.4 Å². The highest BCUT2D eigenvalue weighted by Gasteiger charge is 2.14. The lowest BCUT2D eigenvalue weighted by Crippen LogP contribution is -2.14. The number of halogens is 2. The smallest absolute Gasteiger partial charge is 0.258 e. The van der Waals surface area contributed by atoms with Gasteiger partial charge in [0, 0.05) is 5.69 Å². The molecule has 2 aromatic carbocycles. The quantitative estimate of drug-likeness (QED) is 0.899. The molecule has 0 aliphatic carbocycles. The molecule has 0 fully saturated rings. The van der Waals surface area contributed by atoms with Gasteiger partial charge in [-0.3, -0.25) is 4.79 Å². The van der Waals surface area contributed by atoms with Crippen molar-refractivity contribution in [2.24, 2.45) is 0 Å². The maximum Gasteiger partial charge on any atom is 0.258 e. The van der Waals surface area contributed by atoms with Crippen molar-refractivity contribution in [3.63, 3.8) is 0 Å². The number of hydrogen-bond donors (Lipinski definition) is 1. The maximum absolute atomic E-state index is 13.4. The SMILES string of the molecule is N#Cc1ccc(NC(=O)c2cccc(F)c2F)cc1. The number of benzene rings is 2. The first-order chi connectivity index (χ1) is 9.11. The lowest BCUT2D eigenvalue weighted by molar-refractivity contribution is 0.102. The first kappa shape index (κ1) is 12.7. The Kier molecular flexibility index (Phi) is 3.53. The van der Waals surface area contributed by atoms with Gasteiger partial charge in [0.1, 0.15) is 0 Å². The Balaban J connectivity index is 2.21. The van der Waals surface area contributed by atoms with Gasteiger partial charge >= 0.3 is 0 Å². The summed E-state index contributed by atoms with van der Waals surface area (Å²) >= 11 is 0. The van der Waals surface area contributed by atoms with Crippen LogP contribution in [0.3, 0.4) is 0 Å². The molecule has 19 heavy (non-hydrogen) atoms. The van der Waals surface area contributed by atoms with Crippen LogP contribution in [0, 0.1) is 23.0 Å². The number of rotatable bonds is 2. The van der Waals surface area contributed by atoms with Crippen molar-refractivity contribution in [2.75, 3.05) is 5.32 Å². The van der Waals surface area contributed by atoms with Gasteiger partial charge in [-0.1, -0.05) is 6.07 Å². The molecular formula is C14H8F2N2O. The molecule has 0 bridgehead atoms. The largest absolute Gasteiger partial charge is 0.322 e. The summed E-state index contributed by atoms with van der Waals surface area (Å²) in [7, 11) is 0. The van der Waals surface area contributed by atoms with Crippen LogP contribution in [-0.4, -0.2) is 5.91 Å². The van der Waals surface area contributed by atoms with Crippen molar-refractivity contribution in [2.45, 2.75) is 0 Å². The Morgan fingerprint density at radius 2 is 1.79 bits per heavy atom. The third-order valence-electron chi connectivity index (χ3n) is 2.47. The molecule has 5 heteroatoms. The highest BCUT2D eigenvalue weighted by Crippen LogP contribution is 2.15. The van der Waals surface area contributed by atoms with E-state index in [9.17, 15) is 13.6 Å². The molecule has 0 unspecified atom stereocenters. The highest BCUT2D eigenvalue weighted by atomic mass is 19.2. The zero-order valence-corrected chi connectivity index (χ0v) is 9.65. The summed E-state index contributed by atoms with van der Waals surface area (Å²) in [4.78, 5) is 11.8. The van der Waals surface area contributed by atoms with Crippen LogP contribution in [0.15, 0.2) is 42.5 Å². The van der Waals surface area contributed by atoms with E-state index >= 15 is 0 Å². The van der Waals surface area contributed by atoms with Gasteiger partial charge in [-0.2, -0.15) is 5.26 Å². The molecule has 0 spiro atoms. The van der Waals surface area contributed by atoms with Gasteiger partial charge < -0.3 is 5.32 Å². The molecule has 1 amide bonds. The van der Waals surface area contributed by atoms with E-state index in [0.717, 1.165) is 6.07 Å². The lowest BCUT2D eigenvalue weighted by atomic mass is 10.1. The third kappa shape index (κ3) is 2.75. The maximum atomic E-state index is 13.4. The Morgan fingerprint density at radius 3 is 2.42 bits per heavy atom. The van der Waals surface area contributed by atoms with Gasteiger partial charge in [0.05, 0.1) is 17.2 Å². The lowest BCUT2D eigenvalue weighted by Gasteiger charge is -2.06. The van der Waals surface area contributed by atoms with Crippen molar-refractivity contribution in [3.05, 3.63) is 65.2 Å². The average Bonchev–Trinajstić information content (AvgIpc) is 2.42. The number of nitrogens with zero attached hydrogens (tertiary/aromatic N) is 1. The fraction of sp³-hybridized carbons (Fsp3) is 0. The molecule has 1 N–H and O–H groups in total. The van der Waals surface area contributed by atoms with Crippen LogP contribution in [0.25, 0.3) is 0 Å². The van der Waals surface area contributed by atoms with Crippen LogP contribution in [0.2, 0.25) is 0 Å². The van der Waals surface area contributed by atoms with Crippen molar-refractivity contribution in [1.29, 1.82) is 5.26 Å². The van der Waals surface area contributed by atoms with E-state index in [1.165, 1.54) is 36.4 Å². The monoisotopic (exact) mass is 258 g/mol. The summed E-state index contributed by atoms with van der Waals surface area (Å²) < 4.78 is 26.4. The van der Waals surface area contributed by atoms with Crippen molar-refractivity contribution in [1.82, 2.24) is 0 Å². The van der Waals surface area contributed by atoms with E-state index in [2.05, 4.69) is 5.32 Å². The summed E-state index contributed by atoms with van der Waals surface area (Å²) in [6.45, 7) is 0. The molecule has 0 radical (unpaired) electrons. The van der Waals surface area contributed by atoms with E-state index < -0.39 is 17.5 Å². The Labute approximate surface area is 108 Å². The minimum absolute atomic E-state index is 0.371. The molecule has 94 valence electrons. The molecular weight excluding hydrogens is 250 g/mol. The van der Waals surface area contributed by atoms with Gasteiger partial charge in [0.2, 0.25) is 0 Å². The van der Waals surface area contributed by atoms with Gasteiger partial charge in [0.25, 0.3) is 5.91 Å². The molecule has 2 rings (SSSR count). The predicted molar refractivity (Wildman–Crippen MR) is 65.5 cm³/mol. The first-order valence-corrected chi connectivity index (χ1v) is 5.37. The van der Waals surface area contributed by atoms with Crippen molar-refractivity contribution < 1.29 is 13.6 Å². The molecule has 0 saturated heterocycles. The molecule has 0 aromatic heterocycles. The topological polar surface area (TPSA) is 52.9 Å². The fourth-order valence-electron chi connectivity index (χ4n) is 1.51. The number of hydrogen-bond acceptors (Lipinski definition) is 2. The average molecular weight is 258 g/mol. The number of carbonyl (C=O) groups is 1. The third-order valence-corrected chi connectivity index (χ3v) is 2.47. The number of amides is 1. The van der Waals surface area contributed by atoms with E-state index in [1.807, 2.05) is 6.07 Å². The van der Waals surface area contributed by atoms with Crippen molar-refractivity contribution >= 4 is 11.6 Å². The zero-order valence-electron chi connectivity index (χ0n) is 9.65. The Bertz CT molecular complexity index is 660. The summed E-state index contributed by atoms with van der Waals surface area (Å²) in [5, 5.41) is 11.0. The van der Waals surface area contributed by atoms with Crippen LogP contribution in [0.5, 0.6) is 0 Å². The minimum Gasteiger partial charge on any atom is -0.322 e. The van der Waals surface area contributed by atoms with Crippen LogP contribution in [0.4, 0.5) is 14.5 Å². The number of nitrogens with one attached hydrogen (secondary N) is 1. The second kappa shape index (κ2) is 5.27. The van der Waals surface area contributed by atoms with E-state index in [1.54, 1.807) is 0 Å². The van der Waals surface area contributed by atoms with E-state index in [-0.39, 0.29) is 5.56 Å². The second-order valence-corrected chi connectivity index (χ2v) is 3.74. The molecule has 0 aliphatic heterocycles. The van der Waals surface area contributed by atoms with Gasteiger partial charge in [0.15, 0.2) is 11.6 Å². The predicted octanol–water partition coefficient (Wildman–Crippen LogP) is 3.09. The zero-order chi connectivity index (χ0) is 13.8. The number of carbonyl (C=O) groups excluding carboxylic acids is 1. The standard InChI is InChI=1S/C14H8F2N2O/c15-12-3-1-2-11(13(12)16)14(19)18-10-6-4-9(8-17)5-7-10/h1-7H,(H,18,19). The normalized spacial score (nSPS) is 9.74. The van der Waals surface area contributed by atoms with E-state index in [4.69, 9.17) is 5.26 Å². The summed E-state index contributed by atoms with van der Waals surface area (Å²) in [5.74, 6) is -3.01. The second-order valence-electron chi connectivity index (χ2n) is 3.74. The summed E-state index contributed by atoms with van der Waals surface area (Å²) in [6, 6.07) is 11.4. The van der Waals surface area contributed by atoms with Crippen LogP contribution in [-0.2, 0) is 0 Å². The molecule has 2 aromatic rings. The number of nitriles is 1. The first-order valence-electron chi connectivity index (χ1n) is 5.37. The Morgan fingerprint density at radius 1 is 1.11 bits per heavy atom. The number of anilines is 1. The Hall–Kier alpha value is -2.74. The fourth-order valence-corrected chi connectivity index (χ4v) is 1.51. The molecule has 0 saturated carbocycles.